The summed E-state index contributed by atoms with van der Waals surface area (Å²) in [5.41, 5.74) is 1.92. The number of ether oxygens (including phenoxy) is 1. The molecule has 35 heavy (non-hydrogen) atoms. The molecule has 1 N–H and O–H groups in total. The Morgan fingerprint density at radius 1 is 1.11 bits per heavy atom. The zero-order chi connectivity index (χ0) is 25.4. The summed E-state index contributed by atoms with van der Waals surface area (Å²) in [5, 5.41) is 13.8. The van der Waals surface area contributed by atoms with Crippen molar-refractivity contribution in [2.45, 2.75) is 36.5 Å². The Morgan fingerprint density at radius 3 is 2.14 bits per heavy atom. The van der Waals surface area contributed by atoms with Gasteiger partial charge >= 0.3 is 11.9 Å². The van der Waals surface area contributed by atoms with Crippen LogP contribution in [0, 0.1) is 17.0 Å². The lowest BCUT2D eigenvalue weighted by Crippen LogP contribution is -2.55. The summed E-state index contributed by atoms with van der Waals surface area (Å²) in [6.07, 6.45) is -0.711. The number of aromatic nitrogens is 2. The fraction of sp³-hybridized carbons (Fsp3) is 0.304. The van der Waals surface area contributed by atoms with Gasteiger partial charge in [0.25, 0.3) is 0 Å². The molecule has 0 aliphatic heterocycles. The number of rotatable bonds is 10. The number of imidazole rings is 1. The number of alkyl halides is 3. The Balaban J connectivity index is 1.72. The van der Waals surface area contributed by atoms with Crippen molar-refractivity contribution in [1.82, 2.24) is 19.8 Å². The normalized spacial score (nSPS) is 12.4. The first-order chi connectivity index (χ1) is 16.6. The highest BCUT2D eigenvalue weighted by Crippen LogP contribution is 2.34. The van der Waals surface area contributed by atoms with Crippen LogP contribution in [0.25, 0.3) is 0 Å². The predicted molar refractivity (Wildman–Crippen MR) is 134 cm³/mol. The second-order valence-electron chi connectivity index (χ2n) is 7.67. The smallest absolute Gasteiger partial charge is 0.408 e. The summed E-state index contributed by atoms with van der Waals surface area (Å²) in [5.74, 6) is 0.236. The van der Waals surface area contributed by atoms with Crippen LogP contribution in [0.2, 0.25) is 0 Å². The van der Waals surface area contributed by atoms with E-state index in [2.05, 4.69) is 10.3 Å². The predicted octanol–water partition coefficient (Wildman–Crippen LogP) is 5.22. The SMILES string of the molecule is Cc1ncc([N+](=O)[O-])n1CCOC(=O)N[C@H](N(Cc1ccccc1)Cc1ccccc1)C(Cl)(Cl)Cl. The van der Waals surface area contributed by atoms with Gasteiger partial charge in [0, 0.05) is 20.0 Å². The number of hydrogen-bond donors (Lipinski definition) is 1. The standard InChI is InChI=1S/C23H24Cl3N5O4/c1-17-27-14-20(31(33)34)30(17)12-13-35-22(32)28-21(23(24,25)26)29(15-18-8-4-2-5-9-18)16-19-10-6-3-7-11-19/h2-11,14,21H,12-13,15-16H2,1H3,(H,28,32)/t21-/m1/s1. The average Bonchev–Trinajstić information content (AvgIpc) is 3.18. The zero-order valence-electron chi connectivity index (χ0n) is 18.8. The maximum atomic E-state index is 12.6. The number of nitrogens with zero attached hydrogens (tertiary/aromatic N) is 4. The summed E-state index contributed by atoms with van der Waals surface area (Å²) < 4.78 is 4.71. The fourth-order valence-electron chi connectivity index (χ4n) is 3.52. The highest BCUT2D eigenvalue weighted by molar-refractivity contribution is 6.68. The monoisotopic (exact) mass is 539 g/mol. The van der Waals surface area contributed by atoms with Gasteiger partial charge in [0.1, 0.15) is 25.5 Å². The van der Waals surface area contributed by atoms with E-state index >= 15 is 0 Å². The van der Waals surface area contributed by atoms with E-state index in [0.717, 1.165) is 17.3 Å². The van der Waals surface area contributed by atoms with Gasteiger partial charge in [-0.25, -0.2) is 14.3 Å². The van der Waals surface area contributed by atoms with E-state index in [1.54, 1.807) is 6.92 Å². The van der Waals surface area contributed by atoms with Gasteiger partial charge in [0.2, 0.25) is 3.79 Å². The van der Waals surface area contributed by atoms with Gasteiger partial charge < -0.3 is 20.2 Å². The molecular formula is C23H24Cl3N5O4. The molecule has 2 aromatic carbocycles. The van der Waals surface area contributed by atoms with E-state index in [0.29, 0.717) is 18.9 Å². The van der Waals surface area contributed by atoms with Gasteiger partial charge in [0.05, 0.1) is 0 Å². The van der Waals surface area contributed by atoms with Crippen LogP contribution in [-0.4, -0.2) is 42.0 Å². The van der Waals surface area contributed by atoms with E-state index in [-0.39, 0.29) is 19.0 Å². The van der Waals surface area contributed by atoms with E-state index in [1.807, 2.05) is 65.6 Å². The van der Waals surface area contributed by atoms with Crippen LogP contribution in [0.3, 0.4) is 0 Å². The maximum absolute atomic E-state index is 12.6. The van der Waals surface area contributed by atoms with Crippen LogP contribution in [-0.2, 0) is 24.4 Å². The summed E-state index contributed by atoms with van der Waals surface area (Å²) in [7, 11) is 0. The highest BCUT2D eigenvalue weighted by Gasteiger charge is 2.39. The topological polar surface area (TPSA) is 103 Å². The molecule has 1 amide bonds. The second kappa shape index (κ2) is 12.2. The number of aryl methyl sites for hydroxylation is 1. The van der Waals surface area contributed by atoms with Crippen LogP contribution >= 0.6 is 34.8 Å². The molecule has 12 heteroatoms. The Kier molecular flexibility index (Phi) is 9.33. The van der Waals surface area contributed by atoms with Gasteiger partial charge in [-0.1, -0.05) is 95.5 Å². The summed E-state index contributed by atoms with van der Waals surface area (Å²) in [4.78, 5) is 29.0. The van der Waals surface area contributed by atoms with E-state index in [9.17, 15) is 14.9 Å². The van der Waals surface area contributed by atoms with E-state index in [1.165, 1.54) is 4.57 Å². The van der Waals surface area contributed by atoms with Crippen molar-refractivity contribution in [3.8, 4) is 0 Å². The molecule has 1 atom stereocenters. The number of alkyl carbamates (subject to hydrolysis) is 1. The molecule has 1 heterocycles. The summed E-state index contributed by atoms with van der Waals surface area (Å²) >= 11 is 18.9. The number of carbonyl (C=O) groups is 1. The molecule has 0 bridgehead atoms. The van der Waals surface area contributed by atoms with Gasteiger partial charge in [0.15, 0.2) is 5.82 Å². The highest BCUT2D eigenvalue weighted by atomic mass is 35.6. The maximum Gasteiger partial charge on any atom is 0.408 e. The first kappa shape index (κ1) is 26.7. The van der Waals surface area contributed by atoms with Crippen molar-refractivity contribution in [2.75, 3.05) is 6.61 Å². The minimum absolute atomic E-state index is 0.0474. The lowest BCUT2D eigenvalue weighted by atomic mass is 10.1. The van der Waals surface area contributed by atoms with Crippen molar-refractivity contribution in [3.05, 3.63) is 93.9 Å². The Labute approximate surface area is 217 Å². The lowest BCUT2D eigenvalue weighted by molar-refractivity contribution is -0.392. The molecule has 0 fully saturated rings. The first-order valence-corrected chi connectivity index (χ1v) is 11.8. The molecule has 0 aliphatic rings. The molecule has 0 saturated heterocycles. The second-order valence-corrected chi connectivity index (χ2v) is 10.0. The third-order valence-corrected chi connectivity index (χ3v) is 5.78. The molecule has 9 nitrogen and oxygen atoms in total. The number of halogens is 3. The Morgan fingerprint density at radius 2 is 1.66 bits per heavy atom. The molecular weight excluding hydrogens is 517 g/mol. The molecule has 1 aromatic heterocycles. The summed E-state index contributed by atoms with van der Waals surface area (Å²) in [6.45, 7) is 2.29. The number of carbonyl (C=O) groups excluding carboxylic acids is 1. The zero-order valence-corrected chi connectivity index (χ0v) is 21.1. The third kappa shape index (κ3) is 7.83. The number of amides is 1. The van der Waals surface area contributed by atoms with Crippen LogP contribution < -0.4 is 5.32 Å². The average molecular weight is 541 g/mol. The molecule has 3 aromatic rings. The van der Waals surface area contributed by atoms with Crippen molar-refractivity contribution >= 4 is 46.7 Å². The van der Waals surface area contributed by atoms with Crippen molar-refractivity contribution in [3.63, 3.8) is 0 Å². The number of benzene rings is 2. The first-order valence-electron chi connectivity index (χ1n) is 10.6. The molecule has 0 saturated carbocycles. The molecule has 0 radical (unpaired) electrons. The molecule has 186 valence electrons. The van der Waals surface area contributed by atoms with Gasteiger partial charge in [-0.3, -0.25) is 4.90 Å². The van der Waals surface area contributed by atoms with Crippen molar-refractivity contribution in [1.29, 1.82) is 0 Å². The molecule has 3 rings (SSSR count). The van der Waals surface area contributed by atoms with Crippen LogP contribution in [0.1, 0.15) is 17.0 Å². The minimum atomic E-state index is -1.89. The van der Waals surface area contributed by atoms with Gasteiger partial charge in [-0.2, -0.15) is 0 Å². The fourth-order valence-corrected chi connectivity index (χ4v) is 4.09. The van der Waals surface area contributed by atoms with E-state index in [4.69, 9.17) is 39.5 Å². The van der Waals surface area contributed by atoms with E-state index < -0.39 is 21.0 Å². The van der Waals surface area contributed by atoms with Crippen LogP contribution in [0.15, 0.2) is 66.9 Å². The third-order valence-electron chi connectivity index (χ3n) is 5.16. The molecule has 0 aliphatic carbocycles. The minimum Gasteiger partial charge on any atom is -0.445 e. The largest absolute Gasteiger partial charge is 0.445 e. The van der Waals surface area contributed by atoms with Gasteiger partial charge in [-0.05, 0) is 16.1 Å². The Bertz CT molecular complexity index is 1080. The summed E-state index contributed by atoms with van der Waals surface area (Å²) in [6, 6.07) is 19.2. The molecule has 0 unspecified atom stereocenters. The quantitative estimate of drug-likeness (QED) is 0.164. The molecule has 0 spiro atoms. The number of nitrogens with one attached hydrogen (secondary N) is 1. The Hall–Kier alpha value is -2.85. The van der Waals surface area contributed by atoms with Crippen LogP contribution in [0.5, 0.6) is 0 Å². The lowest BCUT2D eigenvalue weighted by Gasteiger charge is -2.36. The van der Waals surface area contributed by atoms with Crippen molar-refractivity contribution < 1.29 is 14.5 Å². The number of nitro groups is 1. The van der Waals surface area contributed by atoms with Gasteiger partial charge in [-0.15, -0.1) is 0 Å². The van der Waals surface area contributed by atoms with Crippen molar-refractivity contribution in [2.24, 2.45) is 0 Å². The van der Waals surface area contributed by atoms with Crippen LogP contribution in [0.4, 0.5) is 10.6 Å². The number of hydrogen-bond acceptors (Lipinski definition) is 6.